The maximum atomic E-state index is 14.0. The fourth-order valence-electron chi connectivity index (χ4n) is 3.15. The number of hydrogen-bond acceptors (Lipinski definition) is 2. The lowest BCUT2D eigenvalue weighted by atomic mass is 9.82. The fraction of sp³-hybridized carbons (Fsp3) is 0.438. The van der Waals surface area contributed by atoms with Gasteiger partial charge in [-0.25, -0.2) is 9.37 Å². The summed E-state index contributed by atoms with van der Waals surface area (Å²) in [5, 5.41) is 0.869. The van der Waals surface area contributed by atoms with Gasteiger partial charge in [0.1, 0.15) is 11.3 Å². The molecule has 2 aromatic rings. The molecular formula is C16H19FN2. The van der Waals surface area contributed by atoms with Gasteiger partial charge in [-0.15, -0.1) is 0 Å². The Balaban J connectivity index is 2.44. The van der Waals surface area contributed by atoms with Gasteiger partial charge >= 0.3 is 0 Å². The van der Waals surface area contributed by atoms with Crippen LogP contribution in [0.2, 0.25) is 0 Å². The predicted molar refractivity (Wildman–Crippen MR) is 75.6 cm³/mol. The number of benzene rings is 1. The third kappa shape index (κ3) is 2.02. The first-order valence-corrected chi connectivity index (χ1v) is 6.88. The molecule has 0 saturated heterocycles. The number of para-hydroxylation sites is 1. The molecule has 1 heterocycles. The number of pyridine rings is 1. The molecule has 2 nitrogen and oxygen atoms in total. The van der Waals surface area contributed by atoms with E-state index >= 15 is 0 Å². The Labute approximate surface area is 112 Å². The first-order chi connectivity index (χ1) is 8.98. The molecular weight excluding hydrogens is 239 g/mol. The van der Waals surface area contributed by atoms with Crippen molar-refractivity contribution in [3.63, 3.8) is 0 Å². The highest BCUT2D eigenvalue weighted by molar-refractivity contribution is 5.85. The number of rotatable bonds is 1. The van der Waals surface area contributed by atoms with Gasteiger partial charge in [-0.1, -0.05) is 12.1 Å². The van der Waals surface area contributed by atoms with Gasteiger partial charge in [0.05, 0.1) is 0 Å². The molecule has 0 radical (unpaired) electrons. The van der Waals surface area contributed by atoms with Crippen LogP contribution in [0, 0.1) is 5.82 Å². The van der Waals surface area contributed by atoms with Gasteiger partial charge in [0.2, 0.25) is 0 Å². The van der Waals surface area contributed by atoms with Gasteiger partial charge in [-0.05, 0) is 56.7 Å². The average Bonchev–Trinajstić information content (AvgIpc) is 2.35. The predicted octanol–water partition coefficient (Wildman–Crippen LogP) is 3.45. The molecule has 0 atom stereocenters. The Morgan fingerprint density at radius 1 is 1.21 bits per heavy atom. The van der Waals surface area contributed by atoms with Gasteiger partial charge in [0.25, 0.3) is 0 Å². The molecule has 3 rings (SSSR count). The van der Waals surface area contributed by atoms with E-state index in [1.165, 1.54) is 18.1 Å². The minimum absolute atomic E-state index is 0.253. The highest BCUT2D eigenvalue weighted by Crippen LogP contribution is 2.35. The van der Waals surface area contributed by atoms with Crippen molar-refractivity contribution in [2.24, 2.45) is 5.73 Å². The Kier molecular flexibility index (Phi) is 2.82. The summed E-state index contributed by atoms with van der Waals surface area (Å²) in [6, 6.07) is 5.14. The van der Waals surface area contributed by atoms with Crippen molar-refractivity contribution >= 4 is 10.9 Å². The first kappa shape index (κ1) is 12.5. The number of aromatic nitrogens is 1. The second-order valence-corrected chi connectivity index (χ2v) is 5.98. The van der Waals surface area contributed by atoms with Crippen LogP contribution in [0.3, 0.4) is 0 Å². The van der Waals surface area contributed by atoms with Crippen LogP contribution in [-0.2, 0) is 18.4 Å². The quantitative estimate of drug-likeness (QED) is 0.851. The molecule has 1 aliphatic rings. The molecule has 3 heteroatoms. The van der Waals surface area contributed by atoms with Crippen LogP contribution in [0.4, 0.5) is 4.39 Å². The van der Waals surface area contributed by atoms with E-state index in [2.05, 4.69) is 4.98 Å². The minimum atomic E-state index is -0.476. The molecule has 2 N–H and O–H groups in total. The van der Waals surface area contributed by atoms with Gasteiger partial charge in [-0.2, -0.15) is 0 Å². The molecule has 1 aromatic carbocycles. The molecule has 100 valence electrons. The Hall–Kier alpha value is -1.48. The van der Waals surface area contributed by atoms with Gasteiger partial charge in [-0.3, -0.25) is 0 Å². The van der Waals surface area contributed by atoms with Crippen LogP contribution in [0.25, 0.3) is 10.9 Å². The van der Waals surface area contributed by atoms with Crippen molar-refractivity contribution in [3.05, 3.63) is 40.8 Å². The number of aryl methyl sites for hydroxylation is 1. The summed E-state index contributed by atoms with van der Waals surface area (Å²) in [7, 11) is 0. The third-order valence-corrected chi connectivity index (χ3v) is 3.89. The van der Waals surface area contributed by atoms with E-state index in [9.17, 15) is 4.39 Å². The van der Waals surface area contributed by atoms with Crippen LogP contribution in [0.1, 0.15) is 43.5 Å². The van der Waals surface area contributed by atoms with E-state index in [0.717, 1.165) is 35.9 Å². The molecule has 0 amide bonds. The van der Waals surface area contributed by atoms with E-state index in [4.69, 9.17) is 5.73 Å². The molecule has 0 spiro atoms. The number of hydrogen-bond donors (Lipinski definition) is 1. The normalized spacial score (nSPS) is 15.6. The van der Waals surface area contributed by atoms with Crippen molar-refractivity contribution in [3.8, 4) is 0 Å². The number of fused-ring (bicyclic) bond motifs is 2. The summed E-state index contributed by atoms with van der Waals surface area (Å²) in [6.45, 7) is 3.98. The van der Waals surface area contributed by atoms with Crippen LogP contribution in [0.15, 0.2) is 18.2 Å². The van der Waals surface area contributed by atoms with Crippen LogP contribution in [-0.4, -0.2) is 4.98 Å². The van der Waals surface area contributed by atoms with Gasteiger partial charge in [0, 0.05) is 16.6 Å². The maximum absolute atomic E-state index is 14.0. The largest absolute Gasteiger partial charge is 0.322 e. The van der Waals surface area contributed by atoms with Crippen molar-refractivity contribution in [1.82, 2.24) is 4.98 Å². The fourth-order valence-corrected chi connectivity index (χ4v) is 3.15. The summed E-state index contributed by atoms with van der Waals surface area (Å²) >= 11 is 0. The van der Waals surface area contributed by atoms with Crippen molar-refractivity contribution in [2.75, 3.05) is 0 Å². The summed E-state index contributed by atoms with van der Waals surface area (Å²) < 4.78 is 14.0. The van der Waals surface area contributed by atoms with Gasteiger partial charge in [0.15, 0.2) is 0 Å². The smallest absolute Gasteiger partial charge is 0.149 e. The van der Waals surface area contributed by atoms with Crippen LogP contribution < -0.4 is 5.73 Å². The average molecular weight is 258 g/mol. The number of nitrogens with zero attached hydrogens (tertiary/aromatic N) is 1. The number of halogens is 1. The summed E-state index contributed by atoms with van der Waals surface area (Å²) in [5.41, 5.74) is 9.70. The molecule has 0 unspecified atom stereocenters. The monoisotopic (exact) mass is 258 g/mol. The minimum Gasteiger partial charge on any atom is -0.322 e. The van der Waals surface area contributed by atoms with E-state index < -0.39 is 5.54 Å². The van der Waals surface area contributed by atoms with Gasteiger partial charge < -0.3 is 5.73 Å². The lowest BCUT2D eigenvalue weighted by molar-refractivity contribution is 0.540. The summed E-state index contributed by atoms with van der Waals surface area (Å²) in [4.78, 5) is 4.56. The zero-order chi connectivity index (χ0) is 13.6. The second-order valence-electron chi connectivity index (χ2n) is 5.98. The highest BCUT2D eigenvalue weighted by Gasteiger charge is 2.26. The zero-order valence-electron chi connectivity index (χ0n) is 11.5. The third-order valence-electron chi connectivity index (χ3n) is 3.89. The van der Waals surface area contributed by atoms with Crippen LogP contribution >= 0.6 is 0 Å². The SMILES string of the molecule is CC(C)(N)c1c2c(nc3c(F)cccc13)CCCC2. The lowest BCUT2D eigenvalue weighted by Crippen LogP contribution is -2.32. The second kappa shape index (κ2) is 4.27. The standard InChI is InChI=1S/C16H19FN2/c1-16(2,18)14-10-6-3-4-9-13(10)19-15-11(14)7-5-8-12(15)17/h5,7-8H,3-4,6,9,18H2,1-2H3. The molecule has 1 aliphatic carbocycles. The van der Waals surface area contributed by atoms with Crippen LogP contribution in [0.5, 0.6) is 0 Å². The molecule has 0 fully saturated rings. The summed E-state index contributed by atoms with van der Waals surface area (Å²) in [5.74, 6) is -0.253. The highest BCUT2D eigenvalue weighted by atomic mass is 19.1. The summed E-state index contributed by atoms with van der Waals surface area (Å²) in [6.07, 6.45) is 4.23. The first-order valence-electron chi connectivity index (χ1n) is 6.88. The lowest BCUT2D eigenvalue weighted by Gasteiger charge is -2.28. The molecule has 0 bridgehead atoms. The van der Waals surface area contributed by atoms with E-state index in [1.54, 1.807) is 6.07 Å². The molecule has 0 aliphatic heterocycles. The van der Waals surface area contributed by atoms with Crippen molar-refractivity contribution < 1.29 is 4.39 Å². The van der Waals surface area contributed by atoms with Crippen molar-refractivity contribution in [1.29, 1.82) is 0 Å². The number of nitrogens with two attached hydrogens (primary N) is 1. The zero-order valence-corrected chi connectivity index (χ0v) is 11.5. The maximum Gasteiger partial charge on any atom is 0.149 e. The Bertz CT molecular complexity index is 641. The molecule has 19 heavy (non-hydrogen) atoms. The topological polar surface area (TPSA) is 38.9 Å². The Morgan fingerprint density at radius 2 is 1.95 bits per heavy atom. The van der Waals surface area contributed by atoms with Crippen molar-refractivity contribution in [2.45, 2.75) is 45.1 Å². The molecule has 0 saturated carbocycles. The van der Waals surface area contributed by atoms with E-state index in [1.807, 2.05) is 19.9 Å². The van der Waals surface area contributed by atoms with E-state index in [-0.39, 0.29) is 5.82 Å². The van der Waals surface area contributed by atoms with E-state index in [0.29, 0.717) is 5.52 Å². The molecule has 1 aromatic heterocycles. The Morgan fingerprint density at radius 3 is 2.68 bits per heavy atom.